The Hall–Kier alpha value is -7.96. The second-order valence-electron chi connectivity index (χ2n) is 14.0. The summed E-state index contributed by atoms with van der Waals surface area (Å²) in [5.41, 5.74) is 12.6. The molecule has 0 saturated carbocycles. The van der Waals surface area contributed by atoms with Crippen LogP contribution in [0.25, 0.3) is 101 Å². The average molecular weight is 743 g/mol. The molecule has 3 aromatic heterocycles. The van der Waals surface area contributed by atoms with E-state index in [-0.39, 0.29) is 0 Å². The van der Waals surface area contributed by atoms with Crippen LogP contribution >= 0.6 is 0 Å². The minimum atomic E-state index is 0.611. The van der Waals surface area contributed by atoms with Crippen molar-refractivity contribution in [3.63, 3.8) is 0 Å². The summed E-state index contributed by atoms with van der Waals surface area (Å²) < 4.78 is 0. The van der Waals surface area contributed by atoms with Crippen molar-refractivity contribution in [2.75, 3.05) is 0 Å². The fourth-order valence-electron chi connectivity index (χ4n) is 7.25. The first-order valence-electron chi connectivity index (χ1n) is 19.2. The molecule has 0 spiro atoms. The molecule has 10 rings (SSSR count). The van der Waals surface area contributed by atoms with Crippen LogP contribution in [0.15, 0.2) is 206 Å². The molecule has 0 aliphatic heterocycles. The van der Waals surface area contributed by atoms with Gasteiger partial charge in [0.05, 0.1) is 16.9 Å². The van der Waals surface area contributed by atoms with Crippen LogP contribution in [-0.2, 0) is 0 Å². The van der Waals surface area contributed by atoms with Crippen molar-refractivity contribution in [2.45, 2.75) is 0 Å². The molecule has 0 atom stereocenters. The van der Waals surface area contributed by atoms with Crippen molar-refractivity contribution in [2.24, 2.45) is 0 Å². The van der Waals surface area contributed by atoms with Gasteiger partial charge in [0, 0.05) is 50.5 Å². The first kappa shape index (κ1) is 34.5. The smallest absolute Gasteiger partial charge is 0.164 e. The molecule has 10 aromatic rings. The fraction of sp³-hybridized carbons (Fsp3) is 0. The highest BCUT2D eigenvalue weighted by molar-refractivity contribution is 5.97. The summed E-state index contributed by atoms with van der Waals surface area (Å²) in [7, 11) is 0. The van der Waals surface area contributed by atoms with Gasteiger partial charge in [-0.3, -0.25) is 4.98 Å². The first-order chi connectivity index (χ1) is 28.7. The topological polar surface area (TPSA) is 77.3 Å². The van der Waals surface area contributed by atoms with E-state index >= 15 is 0 Å². The van der Waals surface area contributed by atoms with Crippen LogP contribution in [0.2, 0.25) is 0 Å². The molecule has 0 saturated heterocycles. The minimum Gasteiger partial charge on any atom is -0.256 e. The summed E-state index contributed by atoms with van der Waals surface area (Å²) in [5, 5.41) is 1.04. The van der Waals surface area contributed by atoms with E-state index in [0.29, 0.717) is 23.3 Å². The maximum Gasteiger partial charge on any atom is 0.164 e. The number of fused-ring (bicyclic) bond motifs is 1. The van der Waals surface area contributed by atoms with Gasteiger partial charge in [-0.05, 0) is 47.0 Å². The Balaban J connectivity index is 1.04. The van der Waals surface area contributed by atoms with Gasteiger partial charge in [0.25, 0.3) is 0 Å². The predicted molar refractivity (Wildman–Crippen MR) is 234 cm³/mol. The number of aromatic nitrogens is 6. The lowest BCUT2D eigenvalue weighted by Crippen LogP contribution is -2.00. The van der Waals surface area contributed by atoms with E-state index in [9.17, 15) is 0 Å². The number of nitrogens with zero attached hydrogens (tertiary/aromatic N) is 6. The summed E-state index contributed by atoms with van der Waals surface area (Å²) >= 11 is 0. The Labute approximate surface area is 336 Å². The van der Waals surface area contributed by atoms with Gasteiger partial charge in [-0.1, -0.05) is 170 Å². The lowest BCUT2D eigenvalue weighted by atomic mass is 9.96. The molecule has 0 amide bonds. The Kier molecular flexibility index (Phi) is 9.10. The van der Waals surface area contributed by atoms with E-state index < -0.39 is 0 Å². The van der Waals surface area contributed by atoms with E-state index in [4.69, 9.17) is 29.9 Å². The maximum absolute atomic E-state index is 5.08. The molecule has 0 aliphatic carbocycles. The van der Waals surface area contributed by atoms with Gasteiger partial charge in [-0.25, -0.2) is 24.9 Å². The lowest BCUT2D eigenvalue weighted by molar-refractivity contribution is 1.07. The second kappa shape index (κ2) is 15.3. The monoisotopic (exact) mass is 742 g/mol. The number of hydrogen-bond donors (Lipinski definition) is 0. The number of hydrogen-bond acceptors (Lipinski definition) is 6. The van der Waals surface area contributed by atoms with Crippen molar-refractivity contribution in [3.05, 3.63) is 206 Å². The molecule has 0 fully saturated rings. The molecule has 0 bridgehead atoms. The Morgan fingerprint density at radius 2 is 0.672 bits per heavy atom. The zero-order valence-electron chi connectivity index (χ0n) is 31.3. The van der Waals surface area contributed by atoms with E-state index in [1.54, 1.807) is 0 Å². The Morgan fingerprint density at radius 1 is 0.259 bits per heavy atom. The number of pyridine rings is 1. The molecule has 6 nitrogen and oxygen atoms in total. The van der Waals surface area contributed by atoms with E-state index in [2.05, 4.69) is 103 Å². The molecule has 58 heavy (non-hydrogen) atoms. The highest BCUT2D eigenvalue weighted by Crippen LogP contribution is 2.35. The minimum absolute atomic E-state index is 0.611. The quantitative estimate of drug-likeness (QED) is 0.154. The van der Waals surface area contributed by atoms with Crippen LogP contribution in [0.1, 0.15) is 0 Å². The molecule has 0 unspecified atom stereocenters. The molecule has 3 heterocycles. The third kappa shape index (κ3) is 7.02. The van der Waals surface area contributed by atoms with E-state index in [0.717, 1.165) is 77.9 Å². The summed E-state index contributed by atoms with van der Waals surface area (Å²) in [6, 6.07) is 68.0. The van der Waals surface area contributed by atoms with Crippen molar-refractivity contribution >= 4 is 10.9 Å². The van der Waals surface area contributed by atoms with Crippen molar-refractivity contribution in [1.29, 1.82) is 0 Å². The van der Waals surface area contributed by atoms with E-state index in [1.165, 1.54) is 0 Å². The van der Waals surface area contributed by atoms with Gasteiger partial charge in [-0.15, -0.1) is 0 Å². The van der Waals surface area contributed by atoms with Gasteiger partial charge in [0.1, 0.15) is 0 Å². The average Bonchev–Trinajstić information content (AvgIpc) is 3.32. The van der Waals surface area contributed by atoms with Crippen molar-refractivity contribution < 1.29 is 0 Å². The SMILES string of the molecule is c1ccc(-c2cc(-c3ccccc3)nc(-c3cccc(-c4cnc5cccc(-c6cccc(-c7nc(-c8ccccc8)nc(-c8ccccc8)n7)c6)c5c4)c3)n2)cc1. The normalized spacial score (nSPS) is 11.1. The molecule has 0 radical (unpaired) electrons. The second-order valence-corrected chi connectivity index (χ2v) is 14.0. The van der Waals surface area contributed by atoms with Crippen LogP contribution in [0.3, 0.4) is 0 Å². The Morgan fingerprint density at radius 3 is 1.22 bits per heavy atom. The Bertz CT molecular complexity index is 2930. The predicted octanol–water partition coefficient (Wildman–Crippen LogP) is 12.5. The summed E-state index contributed by atoms with van der Waals surface area (Å²) in [4.78, 5) is 30.0. The van der Waals surface area contributed by atoms with Gasteiger partial charge < -0.3 is 0 Å². The van der Waals surface area contributed by atoms with Crippen LogP contribution in [0, 0.1) is 0 Å². The first-order valence-corrected chi connectivity index (χ1v) is 19.2. The molecule has 0 N–H and O–H groups in total. The standard InChI is InChI=1S/C52H34N6/c1-5-16-35(17-6-1)47-33-48(36-18-7-2-8-19-36)55-51(54-47)41-26-13-24-39(30-41)43-32-45-44(28-15-29-46(45)53-34-43)40-25-14-27-42(31-40)52-57-49(37-20-9-3-10-21-37)56-50(58-52)38-22-11-4-12-23-38/h1-34H. The van der Waals surface area contributed by atoms with Gasteiger partial charge in [-0.2, -0.15) is 0 Å². The lowest BCUT2D eigenvalue weighted by Gasteiger charge is -2.12. The van der Waals surface area contributed by atoms with Crippen LogP contribution in [0.5, 0.6) is 0 Å². The van der Waals surface area contributed by atoms with Gasteiger partial charge >= 0.3 is 0 Å². The van der Waals surface area contributed by atoms with Crippen molar-refractivity contribution in [3.8, 4) is 90.3 Å². The molecule has 6 heteroatoms. The van der Waals surface area contributed by atoms with Crippen LogP contribution in [0.4, 0.5) is 0 Å². The number of benzene rings is 7. The molecular weight excluding hydrogens is 709 g/mol. The maximum atomic E-state index is 5.08. The highest BCUT2D eigenvalue weighted by atomic mass is 15.0. The summed E-state index contributed by atoms with van der Waals surface area (Å²) in [6.07, 6.45) is 1.94. The fourth-order valence-corrected chi connectivity index (χ4v) is 7.25. The highest BCUT2D eigenvalue weighted by Gasteiger charge is 2.15. The largest absolute Gasteiger partial charge is 0.256 e. The van der Waals surface area contributed by atoms with Crippen LogP contribution < -0.4 is 0 Å². The zero-order chi connectivity index (χ0) is 38.7. The molecule has 0 aliphatic rings. The summed E-state index contributed by atoms with van der Waals surface area (Å²) in [5.74, 6) is 2.53. The van der Waals surface area contributed by atoms with Gasteiger partial charge in [0.2, 0.25) is 0 Å². The van der Waals surface area contributed by atoms with Crippen molar-refractivity contribution in [1.82, 2.24) is 29.9 Å². The zero-order valence-corrected chi connectivity index (χ0v) is 31.3. The molecular formula is C52H34N6. The molecule has 7 aromatic carbocycles. The third-order valence-electron chi connectivity index (χ3n) is 10.2. The van der Waals surface area contributed by atoms with Crippen LogP contribution in [-0.4, -0.2) is 29.9 Å². The third-order valence-corrected chi connectivity index (χ3v) is 10.2. The van der Waals surface area contributed by atoms with Gasteiger partial charge in [0.15, 0.2) is 23.3 Å². The number of rotatable bonds is 8. The summed E-state index contributed by atoms with van der Waals surface area (Å²) in [6.45, 7) is 0. The van der Waals surface area contributed by atoms with E-state index in [1.807, 2.05) is 103 Å². The molecule has 272 valence electrons.